The van der Waals surface area contributed by atoms with Crippen LogP contribution in [0.3, 0.4) is 0 Å². The van der Waals surface area contributed by atoms with Gasteiger partial charge in [-0.15, -0.1) is 0 Å². The van der Waals surface area contributed by atoms with E-state index >= 15 is 0 Å². The Bertz CT molecular complexity index is 404. The number of carbonyl (C=O) groups excluding carboxylic acids is 1. The molecule has 0 aliphatic heterocycles. The Morgan fingerprint density at radius 1 is 1.32 bits per heavy atom. The van der Waals surface area contributed by atoms with Crippen LogP contribution in [-0.2, 0) is 4.79 Å². The second-order valence-corrected chi connectivity index (χ2v) is 5.45. The number of benzene rings is 1. The summed E-state index contributed by atoms with van der Waals surface area (Å²) in [6, 6.07) is 10.2. The Morgan fingerprint density at radius 3 is 2.63 bits per heavy atom. The first kappa shape index (κ1) is 14.1. The van der Waals surface area contributed by atoms with Gasteiger partial charge >= 0.3 is 0 Å². The third kappa shape index (κ3) is 3.57. The number of rotatable bonds is 5. The Balaban J connectivity index is 2.11. The van der Waals surface area contributed by atoms with Crippen LogP contribution in [0, 0.1) is 5.92 Å². The SMILES string of the molecule is CCCCN(C(=O)C1CCC(N)C1)c1ccccc1. The van der Waals surface area contributed by atoms with E-state index in [4.69, 9.17) is 5.73 Å². The minimum absolute atomic E-state index is 0.118. The molecule has 2 unspecified atom stereocenters. The van der Waals surface area contributed by atoms with Gasteiger partial charge in [-0.3, -0.25) is 4.79 Å². The summed E-state index contributed by atoms with van der Waals surface area (Å²) in [5, 5.41) is 0. The summed E-state index contributed by atoms with van der Waals surface area (Å²) >= 11 is 0. The summed E-state index contributed by atoms with van der Waals surface area (Å²) in [7, 11) is 0. The molecular formula is C16H24N2O. The number of amides is 1. The highest BCUT2D eigenvalue weighted by atomic mass is 16.2. The van der Waals surface area contributed by atoms with Crippen LogP contribution in [0.2, 0.25) is 0 Å². The molecule has 0 saturated heterocycles. The van der Waals surface area contributed by atoms with E-state index < -0.39 is 0 Å². The molecule has 0 spiro atoms. The average Bonchev–Trinajstić information content (AvgIpc) is 2.87. The van der Waals surface area contributed by atoms with Crippen molar-refractivity contribution in [3.05, 3.63) is 30.3 Å². The van der Waals surface area contributed by atoms with Crippen LogP contribution in [0.1, 0.15) is 39.0 Å². The number of nitrogens with zero attached hydrogens (tertiary/aromatic N) is 1. The van der Waals surface area contributed by atoms with Crippen molar-refractivity contribution in [1.82, 2.24) is 0 Å². The molecule has 2 rings (SSSR count). The number of para-hydroxylation sites is 1. The molecule has 1 aromatic carbocycles. The number of unbranched alkanes of at least 4 members (excludes halogenated alkanes) is 1. The standard InChI is InChI=1S/C16H24N2O/c1-2-3-11-18(15-7-5-4-6-8-15)16(19)13-9-10-14(17)12-13/h4-8,13-14H,2-3,9-12,17H2,1H3. The minimum Gasteiger partial charge on any atom is -0.328 e. The molecule has 1 aliphatic carbocycles. The van der Waals surface area contributed by atoms with Gasteiger partial charge in [-0.1, -0.05) is 31.5 Å². The highest BCUT2D eigenvalue weighted by Gasteiger charge is 2.31. The molecule has 0 radical (unpaired) electrons. The van der Waals surface area contributed by atoms with Crippen molar-refractivity contribution >= 4 is 11.6 Å². The Hall–Kier alpha value is -1.35. The first-order valence-corrected chi connectivity index (χ1v) is 7.34. The maximum atomic E-state index is 12.7. The van der Waals surface area contributed by atoms with E-state index in [1.165, 1.54) is 0 Å². The monoisotopic (exact) mass is 260 g/mol. The summed E-state index contributed by atoms with van der Waals surface area (Å²) in [4.78, 5) is 14.6. The van der Waals surface area contributed by atoms with E-state index in [0.29, 0.717) is 0 Å². The first-order chi connectivity index (χ1) is 9.22. The second kappa shape index (κ2) is 6.71. The summed E-state index contributed by atoms with van der Waals surface area (Å²) in [5.74, 6) is 0.375. The highest BCUT2D eigenvalue weighted by Crippen LogP contribution is 2.28. The van der Waals surface area contributed by atoms with Gasteiger partial charge in [-0.25, -0.2) is 0 Å². The van der Waals surface area contributed by atoms with Crippen molar-refractivity contribution in [2.24, 2.45) is 11.7 Å². The molecule has 3 heteroatoms. The third-order valence-electron chi connectivity index (χ3n) is 3.89. The van der Waals surface area contributed by atoms with Gasteiger partial charge in [0.05, 0.1) is 0 Å². The number of hydrogen-bond donors (Lipinski definition) is 1. The van der Waals surface area contributed by atoms with Crippen molar-refractivity contribution in [3.8, 4) is 0 Å². The molecule has 3 nitrogen and oxygen atoms in total. The number of anilines is 1. The van der Waals surface area contributed by atoms with E-state index in [1.807, 2.05) is 35.2 Å². The number of hydrogen-bond acceptors (Lipinski definition) is 2. The molecule has 1 amide bonds. The predicted molar refractivity (Wildman–Crippen MR) is 79.0 cm³/mol. The van der Waals surface area contributed by atoms with E-state index in [-0.39, 0.29) is 17.9 Å². The van der Waals surface area contributed by atoms with Gasteiger partial charge < -0.3 is 10.6 Å². The number of nitrogens with two attached hydrogens (primary N) is 1. The fourth-order valence-electron chi connectivity index (χ4n) is 2.75. The summed E-state index contributed by atoms with van der Waals surface area (Å²) in [6.45, 7) is 2.96. The zero-order chi connectivity index (χ0) is 13.7. The molecule has 1 saturated carbocycles. The van der Waals surface area contributed by atoms with Crippen molar-refractivity contribution in [1.29, 1.82) is 0 Å². The minimum atomic E-state index is 0.118. The van der Waals surface area contributed by atoms with Crippen LogP contribution in [0.15, 0.2) is 30.3 Å². The van der Waals surface area contributed by atoms with Crippen molar-refractivity contribution in [3.63, 3.8) is 0 Å². The third-order valence-corrected chi connectivity index (χ3v) is 3.89. The molecule has 2 atom stereocenters. The van der Waals surface area contributed by atoms with Crippen molar-refractivity contribution in [2.45, 2.75) is 45.1 Å². The van der Waals surface area contributed by atoms with E-state index in [0.717, 1.165) is 44.3 Å². The normalized spacial score (nSPS) is 22.4. The quantitative estimate of drug-likeness (QED) is 0.884. The van der Waals surface area contributed by atoms with Crippen LogP contribution < -0.4 is 10.6 Å². The van der Waals surface area contributed by atoms with Gasteiger partial charge in [0.25, 0.3) is 0 Å². The lowest BCUT2D eigenvalue weighted by Crippen LogP contribution is -2.36. The summed E-state index contributed by atoms with van der Waals surface area (Å²) < 4.78 is 0. The molecule has 1 aromatic rings. The maximum Gasteiger partial charge on any atom is 0.230 e. The van der Waals surface area contributed by atoms with E-state index in [2.05, 4.69) is 6.92 Å². The van der Waals surface area contributed by atoms with Crippen LogP contribution in [-0.4, -0.2) is 18.5 Å². The van der Waals surface area contributed by atoms with Crippen molar-refractivity contribution < 1.29 is 4.79 Å². The van der Waals surface area contributed by atoms with Gasteiger partial charge in [0.1, 0.15) is 0 Å². The second-order valence-electron chi connectivity index (χ2n) is 5.45. The fraction of sp³-hybridized carbons (Fsp3) is 0.562. The lowest BCUT2D eigenvalue weighted by atomic mass is 10.1. The molecule has 0 bridgehead atoms. The van der Waals surface area contributed by atoms with Crippen LogP contribution in [0.25, 0.3) is 0 Å². The van der Waals surface area contributed by atoms with E-state index in [1.54, 1.807) is 0 Å². The Morgan fingerprint density at radius 2 is 2.05 bits per heavy atom. The van der Waals surface area contributed by atoms with Crippen molar-refractivity contribution in [2.75, 3.05) is 11.4 Å². The molecule has 2 N–H and O–H groups in total. The molecular weight excluding hydrogens is 236 g/mol. The van der Waals surface area contributed by atoms with Gasteiger partial charge in [-0.2, -0.15) is 0 Å². The highest BCUT2D eigenvalue weighted by molar-refractivity contribution is 5.95. The van der Waals surface area contributed by atoms with Crippen LogP contribution >= 0.6 is 0 Å². The Kier molecular flexibility index (Phi) is 4.97. The predicted octanol–water partition coefficient (Wildman–Crippen LogP) is 2.95. The molecule has 104 valence electrons. The smallest absolute Gasteiger partial charge is 0.230 e. The van der Waals surface area contributed by atoms with Gasteiger partial charge in [-0.05, 0) is 37.8 Å². The average molecular weight is 260 g/mol. The lowest BCUT2D eigenvalue weighted by Gasteiger charge is -2.25. The molecule has 19 heavy (non-hydrogen) atoms. The maximum absolute atomic E-state index is 12.7. The Labute approximate surface area is 115 Å². The topological polar surface area (TPSA) is 46.3 Å². The molecule has 0 heterocycles. The zero-order valence-electron chi connectivity index (χ0n) is 11.7. The van der Waals surface area contributed by atoms with E-state index in [9.17, 15) is 4.79 Å². The number of carbonyl (C=O) groups is 1. The molecule has 1 aliphatic rings. The fourth-order valence-corrected chi connectivity index (χ4v) is 2.75. The summed E-state index contributed by atoms with van der Waals surface area (Å²) in [5.41, 5.74) is 6.95. The van der Waals surface area contributed by atoms with Gasteiger partial charge in [0.2, 0.25) is 5.91 Å². The first-order valence-electron chi connectivity index (χ1n) is 7.34. The van der Waals surface area contributed by atoms with Crippen LogP contribution in [0.4, 0.5) is 5.69 Å². The van der Waals surface area contributed by atoms with Crippen LogP contribution in [0.5, 0.6) is 0 Å². The molecule has 0 aromatic heterocycles. The van der Waals surface area contributed by atoms with Gasteiger partial charge in [0.15, 0.2) is 0 Å². The summed E-state index contributed by atoms with van der Waals surface area (Å²) in [6.07, 6.45) is 4.90. The molecule has 1 fully saturated rings. The largest absolute Gasteiger partial charge is 0.328 e. The lowest BCUT2D eigenvalue weighted by molar-refractivity contribution is -0.122. The van der Waals surface area contributed by atoms with Gasteiger partial charge in [0, 0.05) is 24.2 Å². The zero-order valence-corrected chi connectivity index (χ0v) is 11.7.